The van der Waals surface area contributed by atoms with Crippen LogP contribution in [0, 0.1) is 5.92 Å². The first-order chi connectivity index (χ1) is 10.7. The molecule has 1 saturated heterocycles. The van der Waals surface area contributed by atoms with Crippen molar-refractivity contribution in [2.45, 2.75) is 24.9 Å². The summed E-state index contributed by atoms with van der Waals surface area (Å²) in [6.45, 7) is 4.38. The zero-order valence-electron chi connectivity index (χ0n) is 12.9. The predicted molar refractivity (Wildman–Crippen MR) is 94.9 cm³/mol. The minimum Gasteiger partial charge on any atom is -0.356 e. The van der Waals surface area contributed by atoms with Crippen molar-refractivity contribution in [3.63, 3.8) is 0 Å². The number of halogens is 1. The highest BCUT2D eigenvalue weighted by Crippen LogP contribution is 2.37. The van der Waals surface area contributed by atoms with Gasteiger partial charge in [0.25, 0.3) is 0 Å². The molecular weight excluding hydrogens is 314 g/mol. The van der Waals surface area contributed by atoms with E-state index in [1.165, 1.54) is 24.6 Å². The minimum atomic E-state index is 0.541. The summed E-state index contributed by atoms with van der Waals surface area (Å²) in [6.07, 6.45) is 4.38. The third-order valence-corrected chi connectivity index (χ3v) is 4.97. The number of benzene rings is 1. The molecule has 0 radical (unpaired) electrons. The molecule has 1 aromatic carbocycles. The Hall–Kier alpha value is -1.26. The van der Waals surface area contributed by atoms with Gasteiger partial charge in [0, 0.05) is 13.1 Å². The molecule has 2 aromatic rings. The van der Waals surface area contributed by atoms with E-state index < -0.39 is 0 Å². The van der Waals surface area contributed by atoms with E-state index in [-0.39, 0.29) is 0 Å². The molecule has 3 rings (SSSR count). The van der Waals surface area contributed by atoms with Crippen LogP contribution in [-0.4, -0.2) is 29.3 Å². The van der Waals surface area contributed by atoms with Crippen LogP contribution < -0.4 is 4.90 Å². The maximum absolute atomic E-state index is 6.50. The van der Waals surface area contributed by atoms with E-state index in [9.17, 15) is 0 Å². The minimum absolute atomic E-state index is 0.541. The summed E-state index contributed by atoms with van der Waals surface area (Å²) in [5.41, 5.74) is 2.03. The summed E-state index contributed by atoms with van der Waals surface area (Å²) in [6, 6.07) is 10.2. The van der Waals surface area contributed by atoms with Gasteiger partial charge < -0.3 is 4.90 Å². The van der Waals surface area contributed by atoms with E-state index in [0.29, 0.717) is 5.15 Å². The average Bonchev–Trinajstić information content (AvgIpc) is 2.55. The Morgan fingerprint density at radius 1 is 1.14 bits per heavy atom. The van der Waals surface area contributed by atoms with Gasteiger partial charge in [-0.1, -0.05) is 60.6 Å². The molecule has 1 fully saturated rings. The van der Waals surface area contributed by atoms with Crippen LogP contribution in [0.3, 0.4) is 0 Å². The van der Waals surface area contributed by atoms with E-state index in [4.69, 9.17) is 16.6 Å². The van der Waals surface area contributed by atoms with Gasteiger partial charge in [-0.2, -0.15) is 0 Å². The number of piperidine rings is 1. The van der Waals surface area contributed by atoms with Gasteiger partial charge in [0.15, 0.2) is 5.16 Å². The first kappa shape index (κ1) is 15.6. The topological polar surface area (TPSA) is 29.0 Å². The van der Waals surface area contributed by atoms with Gasteiger partial charge in [-0.05, 0) is 30.6 Å². The van der Waals surface area contributed by atoms with Crippen LogP contribution in [0.5, 0.6) is 0 Å². The second-order valence-electron chi connectivity index (χ2n) is 5.74. The largest absolute Gasteiger partial charge is 0.356 e. The second-order valence-corrected chi connectivity index (χ2v) is 6.87. The summed E-state index contributed by atoms with van der Waals surface area (Å²) >= 11 is 8.04. The maximum Gasteiger partial charge on any atom is 0.190 e. The smallest absolute Gasteiger partial charge is 0.190 e. The molecule has 1 aliphatic heterocycles. The zero-order chi connectivity index (χ0) is 15.5. The van der Waals surface area contributed by atoms with Gasteiger partial charge in [0.1, 0.15) is 11.0 Å². The van der Waals surface area contributed by atoms with Crippen LogP contribution in [0.4, 0.5) is 5.82 Å². The van der Waals surface area contributed by atoms with Crippen molar-refractivity contribution in [3.05, 3.63) is 35.5 Å². The summed E-state index contributed by atoms with van der Waals surface area (Å²) in [5.74, 6) is 1.76. The third-order valence-electron chi connectivity index (χ3n) is 4.15. The lowest BCUT2D eigenvalue weighted by Gasteiger charge is -2.32. The number of hydrogen-bond donors (Lipinski definition) is 0. The molecule has 0 amide bonds. The van der Waals surface area contributed by atoms with Gasteiger partial charge in [0.05, 0.1) is 5.56 Å². The van der Waals surface area contributed by atoms with E-state index in [1.54, 1.807) is 0 Å². The highest BCUT2D eigenvalue weighted by Gasteiger charge is 2.23. The highest BCUT2D eigenvalue weighted by molar-refractivity contribution is 7.98. The molecule has 0 N–H and O–H groups in total. The Labute approximate surface area is 141 Å². The maximum atomic E-state index is 6.50. The van der Waals surface area contributed by atoms with Crippen molar-refractivity contribution < 1.29 is 0 Å². The summed E-state index contributed by atoms with van der Waals surface area (Å²) in [5, 5.41) is 1.28. The van der Waals surface area contributed by atoms with Gasteiger partial charge in [-0.3, -0.25) is 0 Å². The van der Waals surface area contributed by atoms with E-state index in [2.05, 4.69) is 28.9 Å². The van der Waals surface area contributed by atoms with Crippen molar-refractivity contribution in [2.75, 3.05) is 24.2 Å². The van der Waals surface area contributed by atoms with Crippen molar-refractivity contribution in [3.8, 4) is 11.1 Å². The third kappa shape index (κ3) is 3.23. The number of thioether (sulfide) groups is 1. The molecule has 0 spiro atoms. The molecule has 0 unspecified atom stereocenters. The van der Waals surface area contributed by atoms with E-state index >= 15 is 0 Å². The molecule has 2 heterocycles. The van der Waals surface area contributed by atoms with Crippen LogP contribution in [-0.2, 0) is 0 Å². The van der Waals surface area contributed by atoms with Crippen LogP contribution in [0.15, 0.2) is 35.5 Å². The van der Waals surface area contributed by atoms with Crippen LogP contribution in [0.1, 0.15) is 19.8 Å². The van der Waals surface area contributed by atoms with Crippen LogP contribution in [0.25, 0.3) is 11.1 Å². The average molecular weight is 334 g/mol. The van der Waals surface area contributed by atoms with E-state index in [0.717, 1.165) is 41.1 Å². The number of anilines is 1. The molecule has 1 aliphatic rings. The number of nitrogens with zero attached hydrogens (tertiary/aromatic N) is 3. The van der Waals surface area contributed by atoms with Crippen molar-refractivity contribution in [1.82, 2.24) is 9.97 Å². The highest BCUT2D eigenvalue weighted by atomic mass is 35.5. The molecule has 116 valence electrons. The van der Waals surface area contributed by atoms with Crippen molar-refractivity contribution in [2.24, 2.45) is 5.92 Å². The van der Waals surface area contributed by atoms with Gasteiger partial charge >= 0.3 is 0 Å². The zero-order valence-corrected chi connectivity index (χ0v) is 14.5. The first-order valence-electron chi connectivity index (χ1n) is 7.61. The van der Waals surface area contributed by atoms with Crippen molar-refractivity contribution >= 4 is 29.2 Å². The Morgan fingerprint density at radius 2 is 1.82 bits per heavy atom. The number of rotatable bonds is 3. The quantitative estimate of drug-likeness (QED) is 0.460. The molecular formula is C17H20ClN3S. The predicted octanol–water partition coefficient (Wildman–Crippen LogP) is 4.76. The molecule has 22 heavy (non-hydrogen) atoms. The fourth-order valence-electron chi connectivity index (χ4n) is 2.80. The Balaban J connectivity index is 2.08. The Bertz CT molecular complexity index is 640. The van der Waals surface area contributed by atoms with Crippen LogP contribution >= 0.6 is 23.4 Å². The molecule has 0 bridgehead atoms. The molecule has 1 aromatic heterocycles. The summed E-state index contributed by atoms with van der Waals surface area (Å²) in [7, 11) is 0. The standard InChI is InChI=1S/C17H20ClN3S/c1-12-8-10-21(11-9-12)16-14(13-6-4-3-5-7-13)15(18)19-17(20-16)22-2/h3-7,12H,8-11H2,1-2H3. The lowest BCUT2D eigenvalue weighted by molar-refractivity contribution is 0.436. The fourth-order valence-corrected chi connectivity index (χ4v) is 3.48. The van der Waals surface area contributed by atoms with Gasteiger partial charge in [-0.15, -0.1) is 0 Å². The molecule has 0 aliphatic carbocycles. The van der Waals surface area contributed by atoms with E-state index in [1.807, 2.05) is 24.5 Å². The van der Waals surface area contributed by atoms with Crippen LogP contribution in [0.2, 0.25) is 5.15 Å². The van der Waals surface area contributed by atoms with Gasteiger partial charge in [0.2, 0.25) is 0 Å². The van der Waals surface area contributed by atoms with Crippen molar-refractivity contribution in [1.29, 1.82) is 0 Å². The lowest BCUT2D eigenvalue weighted by Crippen LogP contribution is -2.34. The number of aromatic nitrogens is 2. The lowest BCUT2D eigenvalue weighted by atomic mass is 9.98. The molecule has 0 saturated carbocycles. The molecule has 0 atom stereocenters. The summed E-state index contributed by atoms with van der Waals surface area (Å²) in [4.78, 5) is 11.6. The Kier molecular flexibility index (Phi) is 4.89. The normalized spacial score (nSPS) is 16.0. The number of hydrogen-bond acceptors (Lipinski definition) is 4. The molecule has 5 heteroatoms. The van der Waals surface area contributed by atoms with Gasteiger partial charge in [-0.25, -0.2) is 9.97 Å². The fraction of sp³-hybridized carbons (Fsp3) is 0.412. The second kappa shape index (κ2) is 6.88. The molecule has 3 nitrogen and oxygen atoms in total. The first-order valence-corrected chi connectivity index (χ1v) is 9.21. The SMILES string of the molecule is CSc1nc(Cl)c(-c2ccccc2)c(N2CCC(C)CC2)n1. The monoisotopic (exact) mass is 333 g/mol. The Morgan fingerprint density at radius 3 is 2.45 bits per heavy atom. The summed E-state index contributed by atoms with van der Waals surface area (Å²) < 4.78 is 0.